The van der Waals surface area contributed by atoms with E-state index in [0.717, 1.165) is 25.9 Å². The molecule has 26 heavy (non-hydrogen) atoms. The van der Waals surface area contributed by atoms with Gasteiger partial charge in [0.1, 0.15) is 6.10 Å². The molecular formula is C24H29NO. The van der Waals surface area contributed by atoms with Crippen LogP contribution in [0.15, 0.2) is 60.7 Å². The molecule has 1 fully saturated rings. The van der Waals surface area contributed by atoms with E-state index >= 15 is 0 Å². The summed E-state index contributed by atoms with van der Waals surface area (Å²) in [6, 6.07) is 21.0. The number of rotatable bonds is 6. The summed E-state index contributed by atoms with van der Waals surface area (Å²) in [7, 11) is 0. The molecule has 136 valence electrons. The minimum atomic E-state index is -0.467. The monoisotopic (exact) mass is 347 g/mol. The number of aliphatic hydroxyl groups excluding tert-OH is 1. The van der Waals surface area contributed by atoms with E-state index in [1.165, 1.54) is 30.4 Å². The lowest BCUT2D eigenvalue weighted by Crippen LogP contribution is -2.24. The highest BCUT2D eigenvalue weighted by Crippen LogP contribution is 2.26. The largest absolute Gasteiger partial charge is 0.380 e. The number of hydrogen-bond acceptors (Lipinski definition) is 2. The number of hydrogen-bond donors (Lipinski definition) is 1. The quantitative estimate of drug-likeness (QED) is 0.770. The zero-order valence-corrected chi connectivity index (χ0v) is 15.5. The first-order valence-corrected chi connectivity index (χ1v) is 9.78. The molecule has 1 N–H and O–H groups in total. The van der Waals surface area contributed by atoms with Gasteiger partial charge in [-0.1, -0.05) is 91.8 Å². The minimum absolute atomic E-state index is 0.368. The molecule has 0 unspecified atom stereocenters. The third-order valence-corrected chi connectivity index (χ3v) is 5.15. The van der Waals surface area contributed by atoms with Gasteiger partial charge in [-0.3, -0.25) is 4.90 Å². The molecule has 0 aromatic heterocycles. The molecule has 0 spiro atoms. The van der Waals surface area contributed by atoms with Gasteiger partial charge >= 0.3 is 0 Å². The molecule has 1 atom stereocenters. The summed E-state index contributed by atoms with van der Waals surface area (Å²) in [4.78, 5) is 2.34. The van der Waals surface area contributed by atoms with Gasteiger partial charge in [-0.05, 0) is 29.9 Å². The van der Waals surface area contributed by atoms with Crippen molar-refractivity contribution in [3.05, 3.63) is 71.8 Å². The van der Waals surface area contributed by atoms with E-state index < -0.39 is 6.10 Å². The van der Waals surface area contributed by atoms with Gasteiger partial charge in [-0.25, -0.2) is 0 Å². The normalized spacial score (nSPS) is 16.1. The van der Waals surface area contributed by atoms with Crippen molar-refractivity contribution in [2.75, 3.05) is 6.54 Å². The van der Waals surface area contributed by atoms with Crippen LogP contribution >= 0.6 is 0 Å². The topological polar surface area (TPSA) is 23.5 Å². The Morgan fingerprint density at radius 2 is 1.38 bits per heavy atom. The standard InChI is InChI=1S/C24H29NO/c26-24(23-15-8-3-9-16-23)17-10-18-25(19-21-11-4-1-5-12-21)20-22-13-6-2-7-14-22/h1-2,4-7,11-14,23-24,26H,3,8-9,15-16,18-20H2/t24-/m0/s1. The third kappa shape index (κ3) is 6.02. The lowest BCUT2D eigenvalue weighted by molar-refractivity contribution is 0.133. The van der Waals surface area contributed by atoms with Gasteiger partial charge in [-0.15, -0.1) is 0 Å². The molecule has 2 heteroatoms. The van der Waals surface area contributed by atoms with Crippen LogP contribution in [0.2, 0.25) is 0 Å². The molecular weight excluding hydrogens is 318 g/mol. The molecule has 0 amide bonds. The van der Waals surface area contributed by atoms with Gasteiger partial charge in [0, 0.05) is 13.1 Å². The van der Waals surface area contributed by atoms with E-state index in [0.29, 0.717) is 12.5 Å². The number of nitrogens with zero attached hydrogens (tertiary/aromatic N) is 1. The van der Waals surface area contributed by atoms with Crippen LogP contribution < -0.4 is 0 Å². The molecule has 2 aromatic rings. The summed E-state index contributed by atoms with van der Waals surface area (Å²) in [6.07, 6.45) is 5.54. The fourth-order valence-electron chi connectivity index (χ4n) is 3.68. The van der Waals surface area contributed by atoms with Crippen LogP contribution in [0.3, 0.4) is 0 Å². The van der Waals surface area contributed by atoms with E-state index in [-0.39, 0.29) is 0 Å². The van der Waals surface area contributed by atoms with Crippen LogP contribution in [0.1, 0.15) is 43.2 Å². The van der Waals surface area contributed by atoms with Gasteiger partial charge < -0.3 is 5.11 Å². The van der Waals surface area contributed by atoms with Crippen molar-refractivity contribution in [3.8, 4) is 11.8 Å². The highest BCUT2D eigenvalue weighted by atomic mass is 16.3. The molecule has 0 radical (unpaired) electrons. The average Bonchev–Trinajstić information content (AvgIpc) is 2.70. The van der Waals surface area contributed by atoms with E-state index in [2.05, 4.69) is 65.3 Å². The van der Waals surface area contributed by atoms with E-state index in [9.17, 15) is 5.11 Å². The zero-order chi connectivity index (χ0) is 18.0. The molecule has 0 aliphatic heterocycles. The SMILES string of the molecule is O[C@@H](C#CCN(Cc1ccccc1)Cc1ccccc1)C1CCCCC1. The second-order valence-corrected chi connectivity index (χ2v) is 7.28. The highest BCUT2D eigenvalue weighted by molar-refractivity contribution is 5.18. The molecule has 3 rings (SSSR count). The second-order valence-electron chi connectivity index (χ2n) is 7.28. The predicted octanol–water partition coefficient (Wildman–Crippen LogP) is 4.63. The van der Waals surface area contributed by atoms with E-state index in [1.807, 2.05) is 12.1 Å². The Bertz CT molecular complexity index is 654. The lowest BCUT2D eigenvalue weighted by atomic mass is 9.85. The summed E-state index contributed by atoms with van der Waals surface area (Å²) in [5.74, 6) is 6.74. The molecule has 1 aliphatic rings. The Hall–Kier alpha value is -2.08. The van der Waals surface area contributed by atoms with Crippen LogP contribution in [0.5, 0.6) is 0 Å². The summed E-state index contributed by atoms with van der Waals surface area (Å²) >= 11 is 0. The van der Waals surface area contributed by atoms with Crippen LogP contribution in [0.4, 0.5) is 0 Å². The first-order chi connectivity index (χ1) is 12.8. The summed E-state index contributed by atoms with van der Waals surface area (Å²) in [6.45, 7) is 2.40. The molecule has 1 saturated carbocycles. The molecule has 0 heterocycles. The van der Waals surface area contributed by atoms with Crippen LogP contribution in [0.25, 0.3) is 0 Å². The molecule has 0 bridgehead atoms. The Labute approximate surface area is 157 Å². The van der Waals surface area contributed by atoms with Gasteiger partial charge in [-0.2, -0.15) is 0 Å². The summed E-state index contributed by atoms with van der Waals surface area (Å²) < 4.78 is 0. The third-order valence-electron chi connectivity index (χ3n) is 5.15. The predicted molar refractivity (Wildman–Crippen MR) is 107 cm³/mol. The first kappa shape index (κ1) is 18.7. The number of benzene rings is 2. The number of aliphatic hydroxyl groups is 1. The highest BCUT2D eigenvalue weighted by Gasteiger charge is 2.19. The van der Waals surface area contributed by atoms with Crippen molar-refractivity contribution in [3.63, 3.8) is 0 Å². The van der Waals surface area contributed by atoms with Crippen molar-refractivity contribution in [2.45, 2.75) is 51.3 Å². The van der Waals surface area contributed by atoms with Crippen LogP contribution in [-0.4, -0.2) is 22.7 Å². The minimum Gasteiger partial charge on any atom is -0.380 e. The molecule has 2 nitrogen and oxygen atoms in total. The van der Waals surface area contributed by atoms with Crippen molar-refractivity contribution < 1.29 is 5.11 Å². The van der Waals surface area contributed by atoms with E-state index in [1.54, 1.807) is 0 Å². The Balaban J connectivity index is 1.62. The van der Waals surface area contributed by atoms with E-state index in [4.69, 9.17) is 0 Å². The van der Waals surface area contributed by atoms with Gasteiger partial charge in [0.25, 0.3) is 0 Å². The fraction of sp³-hybridized carbons (Fsp3) is 0.417. The Kier molecular flexibility index (Phi) is 7.31. The second kappa shape index (κ2) is 10.2. The Morgan fingerprint density at radius 3 is 1.92 bits per heavy atom. The van der Waals surface area contributed by atoms with Gasteiger partial charge in [0.15, 0.2) is 0 Å². The molecule has 0 saturated heterocycles. The molecule has 1 aliphatic carbocycles. The van der Waals surface area contributed by atoms with Crippen molar-refractivity contribution in [2.24, 2.45) is 5.92 Å². The fourth-order valence-corrected chi connectivity index (χ4v) is 3.68. The zero-order valence-electron chi connectivity index (χ0n) is 15.5. The summed E-state index contributed by atoms with van der Waals surface area (Å²) in [5.41, 5.74) is 2.58. The average molecular weight is 348 g/mol. The Morgan fingerprint density at radius 1 is 0.846 bits per heavy atom. The maximum absolute atomic E-state index is 10.4. The lowest BCUT2D eigenvalue weighted by Gasteiger charge is -2.23. The van der Waals surface area contributed by atoms with Crippen LogP contribution in [-0.2, 0) is 13.1 Å². The van der Waals surface area contributed by atoms with Crippen molar-refractivity contribution in [1.29, 1.82) is 0 Å². The first-order valence-electron chi connectivity index (χ1n) is 9.78. The summed E-state index contributed by atoms with van der Waals surface area (Å²) in [5, 5.41) is 10.4. The molecule has 2 aromatic carbocycles. The van der Waals surface area contributed by atoms with Gasteiger partial charge in [0.05, 0.1) is 6.54 Å². The maximum Gasteiger partial charge on any atom is 0.117 e. The smallest absolute Gasteiger partial charge is 0.117 e. The maximum atomic E-state index is 10.4. The van der Waals surface area contributed by atoms with Crippen molar-refractivity contribution >= 4 is 0 Å². The van der Waals surface area contributed by atoms with Gasteiger partial charge in [0.2, 0.25) is 0 Å². The van der Waals surface area contributed by atoms with Crippen molar-refractivity contribution in [1.82, 2.24) is 4.90 Å². The van der Waals surface area contributed by atoms with Crippen LogP contribution in [0, 0.1) is 17.8 Å².